The summed E-state index contributed by atoms with van der Waals surface area (Å²) < 4.78 is 7.54. The van der Waals surface area contributed by atoms with Gasteiger partial charge in [-0.05, 0) is 25.1 Å². The van der Waals surface area contributed by atoms with Crippen LogP contribution >= 0.6 is 0 Å². The fourth-order valence-electron chi connectivity index (χ4n) is 1.79. The molecule has 0 bridgehead atoms. The molecule has 1 heterocycles. The summed E-state index contributed by atoms with van der Waals surface area (Å²) in [5.74, 6) is 0.424. The van der Waals surface area contributed by atoms with E-state index in [9.17, 15) is 0 Å². The van der Waals surface area contributed by atoms with Crippen LogP contribution in [-0.2, 0) is 6.54 Å². The molecule has 0 saturated heterocycles. The number of nitrogens with zero attached hydrogens (tertiary/aromatic N) is 4. The van der Waals surface area contributed by atoms with Gasteiger partial charge in [-0.25, -0.2) is 4.99 Å². The third-order valence-corrected chi connectivity index (χ3v) is 2.70. The molecule has 0 spiro atoms. The van der Waals surface area contributed by atoms with E-state index in [0.717, 1.165) is 5.69 Å². The summed E-state index contributed by atoms with van der Waals surface area (Å²) in [6.45, 7) is 3.03. The van der Waals surface area contributed by atoms with E-state index in [1.54, 1.807) is 12.1 Å². The van der Waals surface area contributed by atoms with E-state index in [4.69, 9.17) is 21.9 Å². The summed E-state index contributed by atoms with van der Waals surface area (Å²) in [7, 11) is 0. The molecule has 0 radical (unpaired) electrons. The molecule has 8 nitrogen and oxygen atoms in total. The van der Waals surface area contributed by atoms with Gasteiger partial charge in [0.15, 0.2) is 5.96 Å². The van der Waals surface area contributed by atoms with Crippen LogP contribution in [0.4, 0.5) is 5.69 Å². The van der Waals surface area contributed by atoms with E-state index >= 15 is 0 Å². The van der Waals surface area contributed by atoms with E-state index in [1.165, 1.54) is 0 Å². The number of ether oxygens (including phenoxy) is 1. The van der Waals surface area contributed by atoms with Gasteiger partial charge in [-0.3, -0.25) is 4.68 Å². The number of rotatable bonds is 5. The maximum absolute atomic E-state index is 5.72. The minimum atomic E-state index is -0.145. The lowest BCUT2D eigenvalue weighted by Gasteiger charge is -2.09. The topological polar surface area (TPSA) is 130 Å². The smallest absolute Gasteiger partial charge is 0.223 e. The van der Waals surface area contributed by atoms with Crippen molar-refractivity contribution in [3.63, 3.8) is 0 Å². The number of hydrogen-bond acceptors (Lipinski definition) is 3. The van der Waals surface area contributed by atoms with Crippen molar-refractivity contribution < 1.29 is 4.74 Å². The van der Waals surface area contributed by atoms with E-state index in [1.807, 2.05) is 36.0 Å². The van der Waals surface area contributed by atoms with Crippen LogP contribution < -0.4 is 21.9 Å². The summed E-state index contributed by atoms with van der Waals surface area (Å²) in [5, 5.41) is 4.29. The van der Waals surface area contributed by atoms with Crippen LogP contribution in [0.5, 0.6) is 5.75 Å². The van der Waals surface area contributed by atoms with Gasteiger partial charge in [-0.1, -0.05) is 12.1 Å². The zero-order valence-electron chi connectivity index (χ0n) is 12.3. The molecular formula is C14H19N7O. The quantitative estimate of drug-likeness (QED) is 0.546. The van der Waals surface area contributed by atoms with Crippen LogP contribution in [0.2, 0.25) is 0 Å². The van der Waals surface area contributed by atoms with Gasteiger partial charge in [0.1, 0.15) is 18.0 Å². The van der Waals surface area contributed by atoms with Crippen molar-refractivity contribution in [2.45, 2.75) is 13.5 Å². The highest BCUT2D eigenvalue weighted by Gasteiger charge is 2.03. The third kappa shape index (κ3) is 4.51. The summed E-state index contributed by atoms with van der Waals surface area (Å²) in [5.41, 5.74) is 17.7. The van der Waals surface area contributed by atoms with Crippen LogP contribution in [-0.4, -0.2) is 28.3 Å². The number of nitrogens with two attached hydrogens (primary N) is 3. The standard InChI is InChI=1S/C14H19N7O/c1-10-6-7-21(20-10)8-9-22-12-5-3-2-4-11(12)18-14(17)19-13(15)16/h2-7H,8-9H2,1H3,(H6,15,16,17,18,19). The number of aryl methyl sites for hydroxylation is 1. The van der Waals surface area contributed by atoms with Gasteiger partial charge in [-0.15, -0.1) is 0 Å². The van der Waals surface area contributed by atoms with Gasteiger partial charge in [0.2, 0.25) is 5.96 Å². The van der Waals surface area contributed by atoms with E-state index in [2.05, 4.69) is 15.1 Å². The Morgan fingerprint density at radius 1 is 1.23 bits per heavy atom. The highest BCUT2D eigenvalue weighted by atomic mass is 16.5. The molecule has 0 fully saturated rings. The Balaban J connectivity index is 2.03. The zero-order valence-corrected chi connectivity index (χ0v) is 12.3. The molecule has 22 heavy (non-hydrogen) atoms. The minimum absolute atomic E-state index is 0.0289. The Labute approximate surface area is 128 Å². The number of aliphatic imine (C=N–C) groups is 2. The molecular weight excluding hydrogens is 282 g/mol. The third-order valence-electron chi connectivity index (χ3n) is 2.70. The predicted octanol–water partition coefficient (Wildman–Crippen LogP) is 0.490. The van der Waals surface area contributed by atoms with Gasteiger partial charge < -0.3 is 21.9 Å². The van der Waals surface area contributed by atoms with E-state index in [-0.39, 0.29) is 11.9 Å². The van der Waals surface area contributed by atoms with Gasteiger partial charge in [-0.2, -0.15) is 10.1 Å². The molecule has 0 unspecified atom stereocenters. The summed E-state index contributed by atoms with van der Waals surface area (Å²) in [6, 6.07) is 9.18. The first-order valence-electron chi connectivity index (χ1n) is 6.70. The Morgan fingerprint density at radius 3 is 2.68 bits per heavy atom. The Bertz CT molecular complexity index is 686. The number of aromatic nitrogens is 2. The van der Waals surface area contributed by atoms with Gasteiger partial charge >= 0.3 is 0 Å². The highest BCUT2D eigenvalue weighted by molar-refractivity contribution is 5.93. The normalized spacial score (nSPS) is 11.2. The Morgan fingerprint density at radius 2 is 2.00 bits per heavy atom. The number of para-hydroxylation sites is 2. The second-order valence-corrected chi connectivity index (χ2v) is 4.54. The van der Waals surface area contributed by atoms with Crippen LogP contribution in [0, 0.1) is 6.92 Å². The zero-order chi connectivity index (χ0) is 15.9. The van der Waals surface area contributed by atoms with Crippen molar-refractivity contribution in [1.82, 2.24) is 9.78 Å². The molecule has 0 amide bonds. The Hall–Kier alpha value is -3.03. The maximum Gasteiger partial charge on any atom is 0.223 e. The summed E-state index contributed by atoms with van der Waals surface area (Å²) in [6.07, 6.45) is 1.90. The lowest BCUT2D eigenvalue weighted by atomic mass is 10.3. The first kappa shape index (κ1) is 15.4. The van der Waals surface area contributed by atoms with Crippen molar-refractivity contribution in [2.75, 3.05) is 6.61 Å². The minimum Gasteiger partial charge on any atom is -0.489 e. The maximum atomic E-state index is 5.72. The summed E-state index contributed by atoms with van der Waals surface area (Å²) >= 11 is 0. The average molecular weight is 301 g/mol. The molecule has 1 aromatic carbocycles. The first-order chi connectivity index (χ1) is 10.5. The molecule has 0 aliphatic heterocycles. The molecule has 116 valence electrons. The molecule has 0 aliphatic carbocycles. The highest BCUT2D eigenvalue weighted by Crippen LogP contribution is 2.26. The Kier molecular flexibility index (Phi) is 4.97. The SMILES string of the molecule is Cc1ccn(CCOc2ccccc2N=C(N)N=C(N)N)n1. The molecule has 1 aromatic heterocycles. The lowest BCUT2D eigenvalue weighted by molar-refractivity contribution is 0.292. The molecule has 0 aliphatic rings. The number of benzene rings is 1. The monoisotopic (exact) mass is 301 g/mol. The van der Waals surface area contributed by atoms with E-state index in [0.29, 0.717) is 24.6 Å². The lowest BCUT2D eigenvalue weighted by Crippen LogP contribution is -2.26. The van der Waals surface area contributed by atoms with Gasteiger partial charge in [0.05, 0.1) is 12.2 Å². The fourth-order valence-corrected chi connectivity index (χ4v) is 1.79. The number of hydrogen-bond donors (Lipinski definition) is 3. The molecule has 2 aromatic rings. The van der Waals surface area contributed by atoms with Crippen LogP contribution in [0.15, 0.2) is 46.5 Å². The number of guanidine groups is 2. The second-order valence-electron chi connectivity index (χ2n) is 4.54. The molecule has 0 atom stereocenters. The van der Waals surface area contributed by atoms with E-state index < -0.39 is 0 Å². The van der Waals surface area contributed by atoms with Crippen LogP contribution in [0.1, 0.15) is 5.69 Å². The van der Waals surface area contributed by atoms with Crippen molar-refractivity contribution >= 4 is 17.6 Å². The van der Waals surface area contributed by atoms with Crippen molar-refractivity contribution in [1.29, 1.82) is 0 Å². The fraction of sp³-hybridized carbons (Fsp3) is 0.214. The van der Waals surface area contributed by atoms with Crippen molar-refractivity contribution in [2.24, 2.45) is 27.2 Å². The second kappa shape index (κ2) is 7.11. The van der Waals surface area contributed by atoms with Crippen LogP contribution in [0.25, 0.3) is 0 Å². The van der Waals surface area contributed by atoms with Crippen LogP contribution in [0.3, 0.4) is 0 Å². The van der Waals surface area contributed by atoms with Gasteiger partial charge in [0.25, 0.3) is 0 Å². The largest absolute Gasteiger partial charge is 0.489 e. The summed E-state index contributed by atoms with van der Waals surface area (Å²) in [4.78, 5) is 7.80. The van der Waals surface area contributed by atoms with Crippen molar-refractivity contribution in [3.8, 4) is 5.75 Å². The molecule has 2 rings (SSSR count). The van der Waals surface area contributed by atoms with Crippen molar-refractivity contribution in [3.05, 3.63) is 42.2 Å². The van der Waals surface area contributed by atoms with Gasteiger partial charge in [0, 0.05) is 6.20 Å². The molecule has 0 saturated carbocycles. The predicted molar refractivity (Wildman–Crippen MR) is 86.0 cm³/mol. The first-order valence-corrected chi connectivity index (χ1v) is 6.70. The molecule has 8 heteroatoms. The molecule has 6 N–H and O–H groups in total. The average Bonchev–Trinajstić information content (AvgIpc) is 2.85.